The third kappa shape index (κ3) is 4.74. The van der Waals surface area contributed by atoms with Gasteiger partial charge in [0.1, 0.15) is 20.5 Å². The van der Waals surface area contributed by atoms with Gasteiger partial charge in [0.2, 0.25) is 15.6 Å². The summed E-state index contributed by atoms with van der Waals surface area (Å²) in [4.78, 5) is 13.7. The first kappa shape index (κ1) is 25.5. The molecule has 0 aliphatic carbocycles. The number of aryl methyl sites for hydroxylation is 4. The fraction of sp³-hybridized carbons (Fsp3) is 0.179. The van der Waals surface area contributed by atoms with E-state index in [1.54, 1.807) is 18.2 Å². The molecule has 3 aromatic carbocycles. The van der Waals surface area contributed by atoms with Crippen molar-refractivity contribution in [1.29, 1.82) is 0 Å². The smallest absolute Gasteiger partial charge is 0.211 e. The highest BCUT2D eigenvalue weighted by Crippen LogP contribution is 2.44. The van der Waals surface area contributed by atoms with E-state index in [0.29, 0.717) is 16.3 Å². The van der Waals surface area contributed by atoms with Crippen molar-refractivity contribution in [3.05, 3.63) is 93.4 Å². The second-order valence-corrected chi connectivity index (χ2v) is 11.7. The van der Waals surface area contributed by atoms with E-state index in [1.165, 1.54) is 19.2 Å². The summed E-state index contributed by atoms with van der Waals surface area (Å²) < 4.78 is 32.8. The highest BCUT2D eigenvalue weighted by molar-refractivity contribution is 7.92. The predicted molar refractivity (Wildman–Crippen MR) is 146 cm³/mol. The van der Waals surface area contributed by atoms with Gasteiger partial charge in [-0.05, 0) is 69.2 Å². The van der Waals surface area contributed by atoms with Crippen LogP contribution < -0.4 is 15.8 Å². The van der Waals surface area contributed by atoms with E-state index in [-0.39, 0.29) is 26.1 Å². The number of rotatable bonds is 7. The minimum atomic E-state index is -4.06. The van der Waals surface area contributed by atoms with Crippen molar-refractivity contribution in [2.75, 3.05) is 18.2 Å². The molecule has 0 radical (unpaired) electrons. The zero-order chi connectivity index (χ0) is 26.2. The number of nitrogens with two attached hydrogens (primary N) is 1. The Labute approximate surface area is 215 Å². The third-order valence-corrected chi connectivity index (χ3v) is 9.10. The maximum Gasteiger partial charge on any atom is 0.211 e. The van der Waals surface area contributed by atoms with Crippen LogP contribution in [-0.4, -0.2) is 21.3 Å². The summed E-state index contributed by atoms with van der Waals surface area (Å²) in [6, 6.07) is 17.4. The first-order chi connectivity index (χ1) is 17.0. The number of sulfone groups is 1. The fourth-order valence-corrected chi connectivity index (χ4v) is 7.00. The Balaban J connectivity index is 1.90. The van der Waals surface area contributed by atoms with Crippen LogP contribution in [0.25, 0.3) is 0 Å². The number of nitrogen functional groups attached to an aromatic ring is 1. The van der Waals surface area contributed by atoms with Gasteiger partial charge in [-0.25, -0.2) is 8.42 Å². The summed E-state index contributed by atoms with van der Waals surface area (Å²) in [5, 5.41) is 3.53. The molecule has 4 aromatic rings. The molecule has 3 N–H and O–H groups in total. The normalized spacial score (nSPS) is 11.4. The van der Waals surface area contributed by atoms with Crippen molar-refractivity contribution in [2.24, 2.45) is 0 Å². The number of hydrogen-bond acceptors (Lipinski definition) is 7. The van der Waals surface area contributed by atoms with Gasteiger partial charge in [0.25, 0.3) is 0 Å². The highest BCUT2D eigenvalue weighted by atomic mass is 32.2. The van der Waals surface area contributed by atoms with E-state index >= 15 is 0 Å². The highest BCUT2D eigenvalue weighted by Gasteiger charge is 2.32. The second kappa shape index (κ2) is 9.79. The Hall–Kier alpha value is -3.62. The monoisotopic (exact) mass is 520 g/mol. The van der Waals surface area contributed by atoms with E-state index in [0.717, 1.165) is 39.3 Å². The van der Waals surface area contributed by atoms with Gasteiger partial charge >= 0.3 is 0 Å². The molecule has 4 rings (SSSR count). The van der Waals surface area contributed by atoms with Crippen LogP contribution >= 0.6 is 11.3 Å². The first-order valence-corrected chi connectivity index (χ1v) is 13.6. The zero-order valence-electron chi connectivity index (χ0n) is 20.8. The first-order valence-electron chi connectivity index (χ1n) is 11.3. The van der Waals surface area contributed by atoms with Gasteiger partial charge in [-0.1, -0.05) is 41.5 Å². The molecule has 0 aliphatic heterocycles. The van der Waals surface area contributed by atoms with Crippen molar-refractivity contribution in [2.45, 2.75) is 37.5 Å². The summed E-state index contributed by atoms with van der Waals surface area (Å²) in [5.41, 5.74) is 11.5. The van der Waals surface area contributed by atoms with Crippen LogP contribution in [0.3, 0.4) is 0 Å². The standard InChI is InChI=1S/C28H28N2O4S2/c1-16-6-12-22(18(3)14-16)25(31)26-24(29)27(36(32,33)21-10-8-20(34-5)9-11-21)28(35-26)30-23-13-7-17(2)15-19(23)4/h6-15,30H,29H2,1-5H3. The Bertz CT molecular complexity index is 1570. The van der Waals surface area contributed by atoms with E-state index in [9.17, 15) is 13.2 Å². The third-order valence-electron chi connectivity index (χ3n) is 6.00. The molecule has 1 aromatic heterocycles. The molecule has 1 heterocycles. The number of carbonyl (C=O) groups excluding carboxylic acids is 1. The maximum atomic E-state index is 13.8. The van der Waals surface area contributed by atoms with Crippen LogP contribution in [0.1, 0.15) is 37.5 Å². The van der Waals surface area contributed by atoms with E-state index < -0.39 is 9.84 Å². The molecule has 0 spiro atoms. The van der Waals surface area contributed by atoms with Gasteiger partial charge < -0.3 is 15.8 Å². The molecule has 0 saturated carbocycles. The van der Waals surface area contributed by atoms with Gasteiger partial charge in [-0.15, -0.1) is 11.3 Å². The van der Waals surface area contributed by atoms with Crippen molar-refractivity contribution < 1.29 is 17.9 Å². The number of nitrogens with one attached hydrogen (secondary N) is 1. The minimum Gasteiger partial charge on any atom is -0.497 e. The van der Waals surface area contributed by atoms with Gasteiger partial charge in [0.05, 0.1) is 17.7 Å². The summed E-state index contributed by atoms with van der Waals surface area (Å²) in [5.74, 6) is 0.224. The molecule has 0 unspecified atom stereocenters. The lowest BCUT2D eigenvalue weighted by atomic mass is 10.0. The predicted octanol–water partition coefficient (Wildman–Crippen LogP) is 6.38. The van der Waals surface area contributed by atoms with Crippen molar-refractivity contribution >= 4 is 43.3 Å². The Kier molecular flexibility index (Phi) is 6.93. The van der Waals surface area contributed by atoms with Crippen LogP contribution in [0.2, 0.25) is 0 Å². The lowest BCUT2D eigenvalue weighted by molar-refractivity contribution is 0.104. The topological polar surface area (TPSA) is 98.5 Å². The van der Waals surface area contributed by atoms with Crippen LogP contribution in [0.5, 0.6) is 5.75 Å². The van der Waals surface area contributed by atoms with Crippen LogP contribution in [-0.2, 0) is 9.84 Å². The van der Waals surface area contributed by atoms with Crippen LogP contribution in [0, 0.1) is 27.7 Å². The largest absolute Gasteiger partial charge is 0.497 e. The number of anilines is 3. The SMILES string of the molecule is COc1ccc(S(=O)(=O)c2c(Nc3ccc(C)cc3C)sc(C(=O)c3ccc(C)cc3C)c2N)cc1. The van der Waals surface area contributed by atoms with Crippen LogP contribution in [0.4, 0.5) is 16.4 Å². The number of carbonyl (C=O) groups is 1. The van der Waals surface area contributed by atoms with Crippen molar-refractivity contribution in [3.63, 3.8) is 0 Å². The van der Waals surface area contributed by atoms with Gasteiger partial charge in [0, 0.05) is 11.3 Å². The lowest BCUT2D eigenvalue weighted by Crippen LogP contribution is -2.09. The summed E-state index contributed by atoms with van der Waals surface area (Å²) >= 11 is 1.05. The number of ketones is 1. The lowest BCUT2D eigenvalue weighted by Gasteiger charge is -2.12. The molecular weight excluding hydrogens is 492 g/mol. The number of hydrogen-bond donors (Lipinski definition) is 2. The average molecular weight is 521 g/mol. The molecule has 0 atom stereocenters. The van der Waals surface area contributed by atoms with E-state index in [4.69, 9.17) is 10.5 Å². The average Bonchev–Trinajstić information content (AvgIpc) is 3.17. The molecule has 8 heteroatoms. The number of benzene rings is 3. The van der Waals surface area contributed by atoms with Gasteiger partial charge in [-0.2, -0.15) is 0 Å². The Morgan fingerprint density at radius 2 is 1.50 bits per heavy atom. The molecule has 0 bridgehead atoms. The molecule has 6 nitrogen and oxygen atoms in total. The Morgan fingerprint density at radius 1 is 0.889 bits per heavy atom. The summed E-state index contributed by atoms with van der Waals surface area (Å²) in [7, 11) is -2.55. The molecule has 0 amide bonds. The second-order valence-electron chi connectivity index (χ2n) is 8.77. The summed E-state index contributed by atoms with van der Waals surface area (Å²) in [6.45, 7) is 7.73. The molecule has 0 fully saturated rings. The molecule has 36 heavy (non-hydrogen) atoms. The molecule has 0 aliphatic rings. The van der Waals surface area contributed by atoms with E-state index in [2.05, 4.69) is 5.32 Å². The van der Waals surface area contributed by atoms with Gasteiger partial charge in [-0.3, -0.25) is 4.79 Å². The maximum absolute atomic E-state index is 13.8. The zero-order valence-corrected chi connectivity index (χ0v) is 22.4. The molecule has 186 valence electrons. The number of ether oxygens (including phenoxy) is 1. The summed E-state index contributed by atoms with van der Waals surface area (Å²) in [6.07, 6.45) is 0. The minimum absolute atomic E-state index is 0.0574. The fourth-order valence-electron chi connectivity index (χ4n) is 4.09. The number of methoxy groups -OCH3 is 1. The number of thiophene rings is 1. The van der Waals surface area contributed by atoms with Gasteiger partial charge in [0.15, 0.2) is 0 Å². The molecular formula is C28H28N2O4S2. The van der Waals surface area contributed by atoms with E-state index in [1.807, 2.05) is 58.0 Å². The Morgan fingerprint density at radius 3 is 2.08 bits per heavy atom. The van der Waals surface area contributed by atoms with Crippen molar-refractivity contribution in [3.8, 4) is 5.75 Å². The molecule has 0 saturated heterocycles. The van der Waals surface area contributed by atoms with Crippen molar-refractivity contribution in [1.82, 2.24) is 0 Å². The quantitative estimate of drug-likeness (QED) is 0.274. The van der Waals surface area contributed by atoms with Crippen LogP contribution in [0.15, 0.2) is 70.5 Å².